The first kappa shape index (κ1) is 61.4. The smallest absolute Gasteiger partial charge is 0.306 e. The van der Waals surface area contributed by atoms with Gasteiger partial charge in [0.2, 0.25) is 0 Å². The van der Waals surface area contributed by atoms with Crippen LogP contribution in [0.2, 0.25) is 0 Å². The van der Waals surface area contributed by atoms with Crippen LogP contribution in [-0.2, 0) is 28.6 Å². The van der Waals surface area contributed by atoms with E-state index in [9.17, 15) is 14.4 Å². The van der Waals surface area contributed by atoms with Crippen LogP contribution < -0.4 is 0 Å². The summed E-state index contributed by atoms with van der Waals surface area (Å²) in [5.41, 5.74) is 0. The van der Waals surface area contributed by atoms with Crippen LogP contribution in [0.4, 0.5) is 0 Å². The Morgan fingerprint density at radius 1 is 0.254 bits per heavy atom. The summed E-state index contributed by atoms with van der Waals surface area (Å²) in [4.78, 5) is 38.1. The SMILES string of the molecule is CCCCCCCCCCCCCCCCCCCC(=O)O[C@@H](COC(=O)CCCCCCCCCCCCCCC)COC(=O)CCCCCCCCCCCCCCCCC. The summed E-state index contributed by atoms with van der Waals surface area (Å²) < 4.78 is 16.9. The summed E-state index contributed by atoms with van der Waals surface area (Å²) in [5, 5.41) is 0. The number of ether oxygens (including phenoxy) is 3. The Kier molecular flexibility index (Phi) is 51.7. The van der Waals surface area contributed by atoms with Gasteiger partial charge in [0.1, 0.15) is 13.2 Å². The van der Waals surface area contributed by atoms with Gasteiger partial charge < -0.3 is 14.2 Å². The van der Waals surface area contributed by atoms with Gasteiger partial charge in [-0.25, -0.2) is 0 Å². The number of carbonyl (C=O) groups excluding carboxylic acids is 3. The average molecular weight is 892 g/mol. The maximum atomic E-state index is 12.8. The van der Waals surface area contributed by atoms with E-state index in [4.69, 9.17) is 14.2 Å². The molecule has 63 heavy (non-hydrogen) atoms. The monoisotopic (exact) mass is 891 g/mol. The quantitative estimate of drug-likeness (QED) is 0.0344. The van der Waals surface area contributed by atoms with Crippen LogP contribution in [0.25, 0.3) is 0 Å². The van der Waals surface area contributed by atoms with Gasteiger partial charge in [-0.2, -0.15) is 0 Å². The van der Waals surface area contributed by atoms with Crippen molar-refractivity contribution in [1.29, 1.82) is 0 Å². The van der Waals surface area contributed by atoms with E-state index in [-0.39, 0.29) is 31.1 Å². The van der Waals surface area contributed by atoms with Gasteiger partial charge in [0, 0.05) is 19.3 Å². The first-order chi connectivity index (χ1) is 31.0. The molecule has 0 heterocycles. The average Bonchev–Trinajstić information content (AvgIpc) is 3.28. The van der Waals surface area contributed by atoms with E-state index in [1.54, 1.807) is 0 Å². The summed E-state index contributed by atoms with van der Waals surface area (Å²) in [7, 11) is 0. The third-order valence-electron chi connectivity index (χ3n) is 13.1. The second-order valence-electron chi connectivity index (χ2n) is 19.6. The van der Waals surface area contributed by atoms with Crippen molar-refractivity contribution in [2.24, 2.45) is 0 Å². The second-order valence-corrected chi connectivity index (χ2v) is 19.6. The Bertz CT molecular complexity index is 936. The van der Waals surface area contributed by atoms with Crippen molar-refractivity contribution in [2.75, 3.05) is 13.2 Å². The van der Waals surface area contributed by atoms with Gasteiger partial charge in [0.05, 0.1) is 0 Å². The molecule has 6 heteroatoms. The van der Waals surface area contributed by atoms with Gasteiger partial charge in [0.25, 0.3) is 0 Å². The largest absolute Gasteiger partial charge is 0.462 e. The molecule has 0 amide bonds. The lowest BCUT2D eigenvalue weighted by Crippen LogP contribution is -2.30. The predicted molar refractivity (Wildman–Crippen MR) is 270 cm³/mol. The molecule has 0 saturated carbocycles. The molecule has 0 aromatic carbocycles. The molecule has 0 radical (unpaired) electrons. The van der Waals surface area contributed by atoms with Crippen LogP contribution in [-0.4, -0.2) is 37.2 Å². The van der Waals surface area contributed by atoms with Crippen LogP contribution in [0.3, 0.4) is 0 Å². The van der Waals surface area contributed by atoms with Crippen molar-refractivity contribution in [3.05, 3.63) is 0 Å². The van der Waals surface area contributed by atoms with Crippen LogP contribution in [0, 0.1) is 0 Å². The molecule has 0 aliphatic rings. The number of hydrogen-bond donors (Lipinski definition) is 0. The summed E-state index contributed by atoms with van der Waals surface area (Å²) in [6.45, 7) is 6.70. The third kappa shape index (κ3) is 51.3. The maximum Gasteiger partial charge on any atom is 0.306 e. The highest BCUT2D eigenvalue weighted by Gasteiger charge is 2.19. The summed E-state index contributed by atoms with van der Waals surface area (Å²) >= 11 is 0. The van der Waals surface area contributed by atoms with Gasteiger partial charge in [-0.15, -0.1) is 0 Å². The molecule has 0 aliphatic heterocycles. The Morgan fingerprint density at radius 2 is 0.429 bits per heavy atom. The van der Waals surface area contributed by atoms with E-state index in [0.717, 1.165) is 57.8 Å². The van der Waals surface area contributed by atoms with Crippen molar-refractivity contribution in [3.63, 3.8) is 0 Å². The molecule has 0 rings (SSSR count). The maximum absolute atomic E-state index is 12.8. The van der Waals surface area contributed by atoms with Crippen LogP contribution in [0.1, 0.15) is 329 Å². The molecule has 0 N–H and O–H groups in total. The number of hydrogen-bond acceptors (Lipinski definition) is 6. The van der Waals surface area contributed by atoms with Gasteiger partial charge in [-0.3, -0.25) is 14.4 Å². The summed E-state index contributed by atoms with van der Waals surface area (Å²) in [6, 6.07) is 0. The highest BCUT2D eigenvalue weighted by Crippen LogP contribution is 2.17. The molecule has 0 aromatic heterocycles. The topological polar surface area (TPSA) is 78.9 Å². The predicted octanol–water partition coefficient (Wildman–Crippen LogP) is 18.8. The van der Waals surface area contributed by atoms with E-state index in [2.05, 4.69) is 20.8 Å². The molecule has 1 atom stereocenters. The fraction of sp³-hybridized carbons (Fsp3) is 0.947. The highest BCUT2D eigenvalue weighted by molar-refractivity contribution is 5.71. The van der Waals surface area contributed by atoms with Crippen molar-refractivity contribution in [1.82, 2.24) is 0 Å². The van der Waals surface area contributed by atoms with E-state index in [0.29, 0.717) is 19.3 Å². The van der Waals surface area contributed by atoms with Crippen LogP contribution in [0.5, 0.6) is 0 Å². The van der Waals surface area contributed by atoms with E-state index in [1.807, 2.05) is 0 Å². The minimum atomic E-state index is -0.760. The van der Waals surface area contributed by atoms with Crippen molar-refractivity contribution >= 4 is 17.9 Å². The minimum absolute atomic E-state index is 0.0611. The highest BCUT2D eigenvalue weighted by atomic mass is 16.6. The Balaban J connectivity index is 4.29. The molecule has 0 bridgehead atoms. The number of carbonyl (C=O) groups is 3. The molecule has 0 fully saturated rings. The Hall–Kier alpha value is -1.59. The third-order valence-corrected chi connectivity index (χ3v) is 13.1. The molecule has 0 unspecified atom stereocenters. The normalized spacial score (nSPS) is 11.9. The number of unbranched alkanes of at least 4 members (excludes halogenated alkanes) is 42. The standard InChI is InChI=1S/C57H110O6/c1-4-7-10-13-16-19-22-25-27-28-30-33-36-39-42-45-48-51-57(60)63-54(52-61-55(58)49-46-43-40-37-34-31-24-21-18-15-12-9-6-3)53-62-56(59)50-47-44-41-38-35-32-29-26-23-20-17-14-11-8-5-2/h54H,4-53H2,1-3H3/t54-/m0/s1. The first-order valence-electron chi connectivity index (χ1n) is 28.5. The van der Waals surface area contributed by atoms with Crippen molar-refractivity contribution in [3.8, 4) is 0 Å². The molecule has 0 spiro atoms. The van der Waals surface area contributed by atoms with E-state index in [1.165, 1.54) is 231 Å². The molecule has 374 valence electrons. The molecule has 6 nitrogen and oxygen atoms in total. The van der Waals surface area contributed by atoms with Crippen molar-refractivity contribution < 1.29 is 28.6 Å². The van der Waals surface area contributed by atoms with Gasteiger partial charge in [0.15, 0.2) is 6.10 Å². The lowest BCUT2D eigenvalue weighted by Gasteiger charge is -2.18. The van der Waals surface area contributed by atoms with E-state index < -0.39 is 6.10 Å². The lowest BCUT2D eigenvalue weighted by molar-refractivity contribution is -0.167. The van der Waals surface area contributed by atoms with Gasteiger partial charge in [-0.05, 0) is 19.3 Å². The zero-order valence-corrected chi connectivity index (χ0v) is 42.9. The first-order valence-corrected chi connectivity index (χ1v) is 28.5. The number of esters is 3. The van der Waals surface area contributed by atoms with Crippen molar-refractivity contribution in [2.45, 2.75) is 335 Å². The minimum Gasteiger partial charge on any atom is -0.462 e. The van der Waals surface area contributed by atoms with Crippen LogP contribution in [0.15, 0.2) is 0 Å². The lowest BCUT2D eigenvalue weighted by atomic mass is 10.0. The van der Waals surface area contributed by atoms with Gasteiger partial charge >= 0.3 is 17.9 Å². The summed E-state index contributed by atoms with van der Waals surface area (Å²) in [5.74, 6) is -0.833. The molecule has 0 saturated heterocycles. The zero-order chi connectivity index (χ0) is 45.8. The second kappa shape index (κ2) is 53.0. The zero-order valence-electron chi connectivity index (χ0n) is 42.9. The Labute approximate surface area is 393 Å². The molecule has 0 aliphatic carbocycles. The Morgan fingerprint density at radius 3 is 0.635 bits per heavy atom. The molecule has 0 aromatic rings. The van der Waals surface area contributed by atoms with Crippen LogP contribution >= 0.6 is 0 Å². The van der Waals surface area contributed by atoms with E-state index >= 15 is 0 Å². The molecular weight excluding hydrogens is 781 g/mol. The fourth-order valence-corrected chi connectivity index (χ4v) is 8.80. The fourth-order valence-electron chi connectivity index (χ4n) is 8.80. The summed E-state index contributed by atoms with van der Waals surface area (Å²) in [6.07, 6.45) is 58.0. The molecular formula is C57H110O6. The van der Waals surface area contributed by atoms with Gasteiger partial charge in [-0.1, -0.05) is 290 Å². The number of rotatable bonds is 53.